The lowest BCUT2D eigenvalue weighted by atomic mass is 9.98. The predicted molar refractivity (Wildman–Crippen MR) is 90.2 cm³/mol. The summed E-state index contributed by atoms with van der Waals surface area (Å²) in [5.74, 6) is 1.23. The molecule has 1 fully saturated rings. The van der Waals surface area contributed by atoms with Crippen LogP contribution in [0.1, 0.15) is 47.5 Å². The van der Waals surface area contributed by atoms with Crippen molar-refractivity contribution < 1.29 is 9.53 Å². The highest BCUT2D eigenvalue weighted by molar-refractivity contribution is 5.79. The van der Waals surface area contributed by atoms with Crippen LogP contribution < -0.4 is 10.6 Å². The van der Waals surface area contributed by atoms with E-state index < -0.39 is 5.60 Å². The molecule has 22 heavy (non-hydrogen) atoms. The number of likely N-dealkylation sites (tertiary alicyclic amines) is 1. The third-order valence-electron chi connectivity index (χ3n) is 3.38. The van der Waals surface area contributed by atoms with E-state index in [1.165, 1.54) is 0 Å². The maximum Gasteiger partial charge on any atom is 0.410 e. The van der Waals surface area contributed by atoms with Gasteiger partial charge in [0.2, 0.25) is 0 Å². The molecule has 0 aromatic heterocycles. The topological polar surface area (TPSA) is 66.0 Å². The largest absolute Gasteiger partial charge is 0.444 e. The van der Waals surface area contributed by atoms with E-state index in [0.29, 0.717) is 12.0 Å². The molecule has 1 aliphatic rings. The summed E-state index contributed by atoms with van der Waals surface area (Å²) in [6.07, 6.45) is 1.93. The predicted octanol–water partition coefficient (Wildman–Crippen LogP) is 2.21. The number of nitrogens with zero attached hydrogens (tertiary/aromatic N) is 2. The van der Waals surface area contributed by atoms with Crippen molar-refractivity contribution in [2.24, 2.45) is 10.9 Å². The molecule has 2 N–H and O–H groups in total. The Balaban J connectivity index is 2.45. The first kappa shape index (κ1) is 18.6. The SMILES string of the molecule is CN=C(NCC1CCCN(C(=O)OC(C)(C)C)C1)NC(C)C. The smallest absolute Gasteiger partial charge is 0.410 e. The molecule has 1 rings (SSSR count). The number of carbonyl (C=O) groups is 1. The Morgan fingerprint density at radius 2 is 2.09 bits per heavy atom. The number of piperidine rings is 1. The van der Waals surface area contributed by atoms with E-state index in [0.717, 1.165) is 38.4 Å². The lowest BCUT2D eigenvalue weighted by molar-refractivity contribution is 0.0168. The summed E-state index contributed by atoms with van der Waals surface area (Å²) in [5.41, 5.74) is -0.439. The van der Waals surface area contributed by atoms with Crippen LogP contribution in [-0.2, 0) is 4.74 Å². The van der Waals surface area contributed by atoms with Gasteiger partial charge < -0.3 is 20.3 Å². The zero-order valence-corrected chi connectivity index (χ0v) is 14.9. The summed E-state index contributed by atoms with van der Waals surface area (Å²) < 4.78 is 5.46. The van der Waals surface area contributed by atoms with Crippen LogP contribution in [0.25, 0.3) is 0 Å². The minimum atomic E-state index is -0.439. The van der Waals surface area contributed by atoms with E-state index in [2.05, 4.69) is 29.5 Å². The molecule has 0 spiro atoms. The van der Waals surface area contributed by atoms with Gasteiger partial charge in [0.15, 0.2) is 5.96 Å². The standard InChI is InChI=1S/C16H32N4O2/c1-12(2)19-14(17-6)18-10-13-8-7-9-20(11-13)15(21)22-16(3,4)5/h12-13H,7-11H2,1-6H3,(H2,17,18,19). The number of amides is 1. The fraction of sp³-hybridized carbons (Fsp3) is 0.875. The van der Waals surface area contributed by atoms with Crippen LogP contribution in [0.15, 0.2) is 4.99 Å². The molecule has 0 saturated carbocycles. The third-order valence-corrected chi connectivity index (χ3v) is 3.38. The monoisotopic (exact) mass is 312 g/mol. The summed E-state index contributed by atoms with van der Waals surface area (Å²) in [7, 11) is 1.77. The number of guanidine groups is 1. The quantitative estimate of drug-likeness (QED) is 0.619. The van der Waals surface area contributed by atoms with E-state index in [-0.39, 0.29) is 6.09 Å². The highest BCUT2D eigenvalue weighted by Crippen LogP contribution is 2.18. The van der Waals surface area contributed by atoms with E-state index >= 15 is 0 Å². The van der Waals surface area contributed by atoms with E-state index in [9.17, 15) is 4.79 Å². The summed E-state index contributed by atoms with van der Waals surface area (Å²) in [6, 6.07) is 0.343. The number of nitrogens with one attached hydrogen (secondary N) is 2. The normalized spacial score (nSPS) is 20.0. The van der Waals surface area contributed by atoms with Crippen molar-refractivity contribution in [3.63, 3.8) is 0 Å². The Labute approximate surface area is 134 Å². The second kappa shape index (κ2) is 8.25. The Bertz CT molecular complexity index is 388. The molecule has 1 amide bonds. The fourth-order valence-corrected chi connectivity index (χ4v) is 2.43. The van der Waals surface area contributed by atoms with Crippen molar-refractivity contribution in [3.8, 4) is 0 Å². The number of ether oxygens (including phenoxy) is 1. The first-order valence-electron chi connectivity index (χ1n) is 8.16. The number of aliphatic imine (C=N–C) groups is 1. The van der Waals surface area contributed by atoms with E-state index in [1.54, 1.807) is 7.05 Å². The van der Waals surface area contributed by atoms with Crippen LogP contribution in [0.5, 0.6) is 0 Å². The molecular weight excluding hydrogens is 280 g/mol. The van der Waals surface area contributed by atoms with E-state index in [4.69, 9.17) is 4.74 Å². The molecule has 0 bridgehead atoms. The summed E-state index contributed by atoms with van der Waals surface area (Å²) in [5, 5.41) is 6.61. The number of hydrogen-bond acceptors (Lipinski definition) is 3. The zero-order chi connectivity index (χ0) is 16.8. The second-order valence-corrected chi connectivity index (χ2v) is 7.19. The van der Waals surface area contributed by atoms with E-state index in [1.807, 2.05) is 25.7 Å². The molecule has 0 aliphatic carbocycles. The molecule has 1 atom stereocenters. The average molecular weight is 312 g/mol. The van der Waals surface area contributed by atoms with Crippen molar-refractivity contribution in [1.82, 2.24) is 15.5 Å². The lowest BCUT2D eigenvalue weighted by Crippen LogP contribution is -2.48. The minimum Gasteiger partial charge on any atom is -0.444 e. The highest BCUT2D eigenvalue weighted by Gasteiger charge is 2.27. The van der Waals surface area contributed by atoms with Crippen LogP contribution in [0.4, 0.5) is 4.79 Å². The van der Waals surface area contributed by atoms with Gasteiger partial charge in [-0.15, -0.1) is 0 Å². The Hall–Kier alpha value is -1.46. The van der Waals surface area contributed by atoms with Crippen LogP contribution in [0, 0.1) is 5.92 Å². The van der Waals surface area contributed by atoms with Gasteiger partial charge in [-0.3, -0.25) is 4.99 Å². The number of rotatable bonds is 3. The Morgan fingerprint density at radius 1 is 1.41 bits per heavy atom. The lowest BCUT2D eigenvalue weighted by Gasteiger charge is -2.34. The zero-order valence-electron chi connectivity index (χ0n) is 14.9. The van der Waals surface area contributed by atoms with Gasteiger partial charge in [0.05, 0.1) is 0 Å². The molecule has 1 aliphatic heterocycles. The molecular formula is C16H32N4O2. The van der Waals surface area contributed by atoms with Crippen molar-refractivity contribution in [2.45, 2.75) is 59.1 Å². The molecule has 0 radical (unpaired) electrons. The van der Waals surface area contributed by atoms with Crippen LogP contribution in [0.3, 0.4) is 0 Å². The van der Waals surface area contributed by atoms with Gasteiger partial charge in [0.1, 0.15) is 5.60 Å². The molecule has 128 valence electrons. The second-order valence-electron chi connectivity index (χ2n) is 7.19. The van der Waals surface area contributed by atoms with Crippen LogP contribution in [0.2, 0.25) is 0 Å². The van der Waals surface area contributed by atoms with Crippen LogP contribution >= 0.6 is 0 Å². The first-order valence-corrected chi connectivity index (χ1v) is 8.16. The van der Waals surface area contributed by atoms with Gasteiger partial charge in [-0.2, -0.15) is 0 Å². The Kier molecular flexibility index (Phi) is 6.97. The third kappa shape index (κ3) is 7.00. The maximum absolute atomic E-state index is 12.1. The summed E-state index contributed by atoms with van der Waals surface area (Å²) in [6.45, 7) is 12.2. The molecule has 0 aromatic rings. The molecule has 1 heterocycles. The molecule has 6 heteroatoms. The Morgan fingerprint density at radius 3 is 2.64 bits per heavy atom. The molecule has 1 saturated heterocycles. The summed E-state index contributed by atoms with van der Waals surface area (Å²) in [4.78, 5) is 18.2. The van der Waals surface area contributed by atoms with Gasteiger partial charge in [-0.1, -0.05) is 0 Å². The van der Waals surface area contributed by atoms with Crippen molar-refractivity contribution in [2.75, 3.05) is 26.7 Å². The first-order chi connectivity index (χ1) is 10.2. The highest BCUT2D eigenvalue weighted by atomic mass is 16.6. The minimum absolute atomic E-state index is 0.207. The van der Waals surface area contributed by atoms with Crippen molar-refractivity contribution in [3.05, 3.63) is 0 Å². The van der Waals surface area contributed by atoms with Gasteiger partial charge >= 0.3 is 6.09 Å². The van der Waals surface area contributed by atoms with Crippen LogP contribution in [-0.4, -0.2) is 55.3 Å². The molecule has 1 unspecified atom stereocenters. The number of carbonyl (C=O) groups excluding carboxylic acids is 1. The average Bonchev–Trinajstić information content (AvgIpc) is 2.41. The number of hydrogen-bond donors (Lipinski definition) is 2. The van der Waals surface area contributed by atoms with Gasteiger partial charge in [0.25, 0.3) is 0 Å². The fourth-order valence-electron chi connectivity index (χ4n) is 2.43. The maximum atomic E-state index is 12.1. The van der Waals surface area contributed by atoms with Gasteiger partial charge in [-0.25, -0.2) is 4.79 Å². The molecule has 6 nitrogen and oxygen atoms in total. The van der Waals surface area contributed by atoms with Gasteiger partial charge in [0, 0.05) is 32.7 Å². The van der Waals surface area contributed by atoms with Crippen molar-refractivity contribution in [1.29, 1.82) is 0 Å². The van der Waals surface area contributed by atoms with Crippen molar-refractivity contribution >= 4 is 12.1 Å². The molecule has 0 aromatic carbocycles. The summed E-state index contributed by atoms with van der Waals surface area (Å²) >= 11 is 0. The van der Waals surface area contributed by atoms with Gasteiger partial charge in [-0.05, 0) is 53.4 Å².